The largest absolute Gasteiger partial charge is 0.479 e. The van der Waals surface area contributed by atoms with Gasteiger partial charge in [0.05, 0.1) is 0 Å². The monoisotopic (exact) mass is 287 g/mol. The van der Waals surface area contributed by atoms with Gasteiger partial charge in [0, 0.05) is 25.4 Å². The zero-order valence-electron chi connectivity index (χ0n) is 11.7. The van der Waals surface area contributed by atoms with Gasteiger partial charge in [0.25, 0.3) is 0 Å². The second kappa shape index (κ2) is 6.69. The van der Waals surface area contributed by atoms with Crippen LogP contribution in [-0.4, -0.2) is 26.8 Å². The lowest BCUT2D eigenvalue weighted by molar-refractivity contribution is -0.142. The molecule has 0 aliphatic rings. The van der Waals surface area contributed by atoms with E-state index in [1.807, 2.05) is 6.07 Å². The normalized spacial score (nSPS) is 11.9. The van der Waals surface area contributed by atoms with Crippen molar-refractivity contribution in [3.63, 3.8) is 0 Å². The number of benzene rings is 1. The Morgan fingerprint density at radius 1 is 1.29 bits per heavy atom. The molecule has 2 N–H and O–H groups in total. The van der Waals surface area contributed by atoms with Crippen molar-refractivity contribution in [2.45, 2.75) is 18.9 Å². The summed E-state index contributed by atoms with van der Waals surface area (Å²) in [6, 6.07) is 9.46. The number of carboxylic acids is 1. The highest BCUT2D eigenvalue weighted by Crippen LogP contribution is 2.13. The molecule has 21 heavy (non-hydrogen) atoms. The maximum atomic E-state index is 11.9. The van der Waals surface area contributed by atoms with Crippen LogP contribution < -0.4 is 5.32 Å². The number of aliphatic carboxylic acids is 1. The molecule has 0 fully saturated rings. The lowest BCUT2D eigenvalue weighted by atomic mass is 10.1. The van der Waals surface area contributed by atoms with Crippen molar-refractivity contribution in [3.05, 3.63) is 53.9 Å². The van der Waals surface area contributed by atoms with E-state index < -0.39 is 12.0 Å². The maximum Gasteiger partial charge on any atom is 0.330 e. The molecule has 2 aromatic rings. The highest BCUT2D eigenvalue weighted by molar-refractivity contribution is 5.84. The average molecular weight is 287 g/mol. The van der Waals surface area contributed by atoms with Gasteiger partial charge in [0.15, 0.2) is 6.04 Å². The van der Waals surface area contributed by atoms with Gasteiger partial charge >= 0.3 is 5.97 Å². The standard InChI is InChI=1S/C15H17N3O3/c1-18-12(9-10-16-18)7-8-13(19)17-14(15(20)21)11-5-3-2-4-6-11/h2-6,9-10,14H,7-8H2,1H3,(H,17,19)(H,20,21)/t14-/m0/s1. The third-order valence-corrected chi connectivity index (χ3v) is 3.22. The lowest BCUT2D eigenvalue weighted by Gasteiger charge is -2.14. The molecule has 1 aromatic heterocycles. The minimum absolute atomic E-state index is 0.218. The van der Waals surface area contributed by atoms with E-state index in [2.05, 4.69) is 10.4 Å². The average Bonchev–Trinajstić information content (AvgIpc) is 2.88. The first kappa shape index (κ1) is 14.8. The van der Waals surface area contributed by atoms with Crippen molar-refractivity contribution < 1.29 is 14.7 Å². The molecule has 0 radical (unpaired) electrons. The van der Waals surface area contributed by atoms with E-state index >= 15 is 0 Å². The SMILES string of the molecule is Cn1nccc1CCC(=O)N[C@H](C(=O)O)c1ccccc1. The number of carbonyl (C=O) groups excluding carboxylic acids is 1. The summed E-state index contributed by atoms with van der Waals surface area (Å²) in [5.74, 6) is -1.37. The molecule has 1 heterocycles. The molecular weight excluding hydrogens is 270 g/mol. The lowest BCUT2D eigenvalue weighted by Crippen LogP contribution is -2.33. The Hall–Kier alpha value is -2.63. The summed E-state index contributed by atoms with van der Waals surface area (Å²) in [6.45, 7) is 0. The van der Waals surface area contributed by atoms with Crippen LogP contribution in [0, 0.1) is 0 Å². The van der Waals surface area contributed by atoms with E-state index in [0.29, 0.717) is 12.0 Å². The van der Waals surface area contributed by atoms with Gasteiger partial charge in [0.1, 0.15) is 0 Å². The highest BCUT2D eigenvalue weighted by Gasteiger charge is 2.21. The Morgan fingerprint density at radius 2 is 2.00 bits per heavy atom. The van der Waals surface area contributed by atoms with Crippen LogP contribution in [0.4, 0.5) is 0 Å². The van der Waals surface area contributed by atoms with Gasteiger partial charge in [-0.3, -0.25) is 9.48 Å². The molecule has 0 bridgehead atoms. The number of carbonyl (C=O) groups is 2. The molecule has 110 valence electrons. The number of aryl methyl sites for hydroxylation is 2. The van der Waals surface area contributed by atoms with Gasteiger partial charge in [-0.05, 0) is 18.1 Å². The summed E-state index contributed by atoms with van der Waals surface area (Å²) < 4.78 is 1.69. The molecular formula is C15H17N3O3. The predicted molar refractivity (Wildman–Crippen MR) is 76.5 cm³/mol. The van der Waals surface area contributed by atoms with Gasteiger partial charge in [0.2, 0.25) is 5.91 Å². The summed E-state index contributed by atoms with van der Waals surface area (Å²) >= 11 is 0. The van der Waals surface area contributed by atoms with Crippen LogP contribution in [0.3, 0.4) is 0 Å². The zero-order chi connectivity index (χ0) is 15.2. The first-order valence-electron chi connectivity index (χ1n) is 6.62. The Bertz CT molecular complexity index is 622. The molecule has 1 amide bonds. The minimum Gasteiger partial charge on any atom is -0.479 e. The van der Waals surface area contributed by atoms with E-state index in [9.17, 15) is 14.7 Å². The fourth-order valence-corrected chi connectivity index (χ4v) is 2.05. The van der Waals surface area contributed by atoms with Crippen LogP contribution in [0.2, 0.25) is 0 Å². The fourth-order valence-electron chi connectivity index (χ4n) is 2.05. The molecule has 0 aliphatic carbocycles. The van der Waals surface area contributed by atoms with Crippen LogP contribution in [0.25, 0.3) is 0 Å². The van der Waals surface area contributed by atoms with Crippen molar-refractivity contribution in [2.75, 3.05) is 0 Å². The summed E-state index contributed by atoms with van der Waals surface area (Å²) in [7, 11) is 1.80. The molecule has 2 rings (SSSR count). The van der Waals surface area contributed by atoms with Crippen LogP contribution in [-0.2, 0) is 23.1 Å². The van der Waals surface area contributed by atoms with Crippen molar-refractivity contribution in [3.8, 4) is 0 Å². The maximum absolute atomic E-state index is 11.9. The van der Waals surface area contributed by atoms with E-state index in [0.717, 1.165) is 5.69 Å². The number of hydrogen-bond donors (Lipinski definition) is 2. The van der Waals surface area contributed by atoms with Gasteiger partial charge in [-0.2, -0.15) is 5.10 Å². The first-order chi connectivity index (χ1) is 10.1. The molecule has 6 nitrogen and oxygen atoms in total. The number of carboxylic acid groups (broad SMARTS) is 1. The third-order valence-electron chi connectivity index (χ3n) is 3.22. The minimum atomic E-state index is -1.07. The fraction of sp³-hybridized carbons (Fsp3) is 0.267. The van der Waals surface area contributed by atoms with Crippen molar-refractivity contribution in [1.82, 2.24) is 15.1 Å². The van der Waals surface area contributed by atoms with Crippen molar-refractivity contribution in [2.24, 2.45) is 7.05 Å². The molecule has 0 saturated heterocycles. The third kappa shape index (κ3) is 3.92. The van der Waals surface area contributed by atoms with E-state index in [4.69, 9.17) is 0 Å². The van der Waals surface area contributed by atoms with Gasteiger partial charge in [-0.15, -0.1) is 0 Å². The van der Waals surface area contributed by atoms with E-state index in [1.165, 1.54) is 0 Å². The van der Waals surface area contributed by atoms with Gasteiger partial charge in [-0.1, -0.05) is 30.3 Å². The van der Waals surface area contributed by atoms with Gasteiger partial charge < -0.3 is 10.4 Å². The van der Waals surface area contributed by atoms with Crippen molar-refractivity contribution >= 4 is 11.9 Å². The van der Waals surface area contributed by atoms with Crippen LogP contribution in [0.1, 0.15) is 23.7 Å². The Balaban J connectivity index is 1.96. The highest BCUT2D eigenvalue weighted by atomic mass is 16.4. The number of amides is 1. The number of hydrogen-bond acceptors (Lipinski definition) is 3. The summed E-state index contributed by atoms with van der Waals surface area (Å²) in [4.78, 5) is 23.2. The molecule has 0 spiro atoms. The summed E-state index contributed by atoms with van der Waals surface area (Å²) in [5.41, 5.74) is 1.48. The molecule has 0 aliphatic heterocycles. The predicted octanol–water partition coefficient (Wildman–Crippen LogP) is 1.29. The second-order valence-electron chi connectivity index (χ2n) is 4.70. The second-order valence-corrected chi connectivity index (χ2v) is 4.70. The molecule has 0 unspecified atom stereocenters. The Kier molecular flexibility index (Phi) is 4.71. The molecule has 6 heteroatoms. The first-order valence-corrected chi connectivity index (χ1v) is 6.62. The Labute approximate surface area is 122 Å². The smallest absolute Gasteiger partial charge is 0.330 e. The van der Waals surface area contributed by atoms with E-state index in [-0.39, 0.29) is 12.3 Å². The number of nitrogens with one attached hydrogen (secondary N) is 1. The van der Waals surface area contributed by atoms with E-state index in [1.54, 1.807) is 48.3 Å². The number of aromatic nitrogens is 2. The topological polar surface area (TPSA) is 84.2 Å². The van der Waals surface area contributed by atoms with Crippen LogP contribution in [0.15, 0.2) is 42.6 Å². The molecule has 1 atom stereocenters. The quantitative estimate of drug-likeness (QED) is 0.838. The number of rotatable bonds is 6. The van der Waals surface area contributed by atoms with Crippen LogP contribution in [0.5, 0.6) is 0 Å². The van der Waals surface area contributed by atoms with Crippen molar-refractivity contribution in [1.29, 1.82) is 0 Å². The van der Waals surface area contributed by atoms with Gasteiger partial charge in [-0.25, -0.2) is 4.79 Å². The Morgan fingerprint density at radius 3 is 2.57 bits per heavy atom. The summed E-state index contributed by atoms with van der Waals surface area (Å²) in [5, 5.41) is 15.8. The molecule has 1 aromatic carbocycles. The summed E-state index contributed by atoms with van der Waals surface area (Å²) in [6.07, 6.45) is 2.40. The zero-order valence-corrected chi connectivity index (χ0v) is 11.7. The number of nitrogens with zero attached hydrogens (tertiary/aromatic N) is 2. The molecule has 0 saturated carbocycles. The van der Waals surface area contributed by atoms with Crippen LogP contribution >= 0.6 is 0 Å².